The Bertz CT molecular complexity index is 714. The first-order valence-electron chi connectivity index (χ1n) is 10.8. The number of likely N-dealkylation sites (tertiary alicyclic amines) is 1. The van der Waals surface area contributed by atoms with Crippen LogP contribution in [0.4, 0.5) is 0 Å². The van der Waals surface area contributed by atoms with Crippen LogP contribution in [0.25, 0.3) is 0 Å². The lowest BCUT2D eigenvalue weighted by Crippen LogP contribution is -2.60. The molecule has 6 atom stereocenters. The van der Waals surface area contributed by atoms with Gasteiger partial charge in [-0.3, -0.25) is 19.2 Å². The maximum atomic E-state index is 12.9. The topological polar surface area (TPSA) is 205 Å². The number of nitrogens with zero attached hydrogens (tertiary/aromatic N) is 1. The third-order valence-electron chi connectivity index (χ3n) is 5.70. The molecule has 0 radical (unpaired) electrons. The molecule has 1 rings (SSSR count). The van der Waals surface area contributed by atoms with E-state index in [1.807, 2.05) is 0 Å². The second kappa shape index (κ2) is 12.3. The Morgan fingerprint density at radius 3 is 2.25 bits per heavy atom. The predicted molar refractivity (Wildman–Crippen MR) is 114 cm³/mol. The number of carbonyl (C=O) groups excluding carboxylic acids is 4. The fourth-order valence-electron chi connectivity index (χ4n) is 3.52. The number of hydrogen-bond donors (Lipinski definition) is 6. The number of rotatable bonds is 12. The van der Waals surface area contributed by atoms with Gasteiger partial charge in [-0.1, -0.05) is 20.3 Å². The van der Waals surface area contributed by atoms with Crippen LogP contribution in [-0.2, 0) is 24.0 Å². The monoisotopic (exact) mass is 457 g/mol. The minimum Gasteiger partial charge on any atom is -0.480 e. The minimum absolute atomic E-state index is 0.0455. The molecule has 12 nitrogen and oxygen atoms in total. The molecule has 0 saturated carbocycles. The van der Waals surface area contributed by atoms with Crippen LogP contribution in [0.1, 0.15) is 52.9 Å². The molecule has 4 amide bonds. The summed E-state index contributed by atoms with van der Waals surface area (Å²) in [6, 6.07) is -4.49. The number of amides is 4. The molecule has 6 unspecified atom stereocenters. The average Bonchev–Trinajstić information content (AvgIpc) is 3.21. The number of carbonyl (C=O) groups is 5. The summed E-state index contributed by atoms with van der Waals surface area (Å²) in [5.41, 5.74) is 10.9. The second-order valence-corrected chi connectivity index (χ2v) is 8.24. The summed E-state index contributed by atoms with van der Waals surface area (Å²) < 4.78 is 0. The third kappa shape index (κ3) is 7.45. The van der Waals surface area contributed by atoms with E-state index in [0.29, 0.717) is 19.3 Å². The molecule has 0 aromatic carbocycles. The Morgan fingerprint density at radius 2 is 1.75 bits per heavy atom. The van der Waals surface area contributed by atoms with E-state index < -0.39 is 59.9 Å². The molecule has 1 heterocycles. The Kier molecular flexibility index (Phi) is 10.5. The third-order valence-corrected chi connectivity index (χ3v) is 5.70. The molecule has 1 aliphatic rings. The van der Waals surface area contributed by atoms with Gasteiger partial charge in [-0.05, 0) is 32.1 Å². The number of primary amides is 1. The zero-order valence-electron chi connectivity index (χ0n) is 18.7. The number of hydrogen-bond acceptors (Lipinski definition) is 7. The Labute approximate surface area is 187 Å². The standard InChI is InChI=1S/C20H35N5O7/c1-4-10(2)15(20(31)32)23-18(29)16(11(3)26)24-17(28)13-6-5-9-25(13)19(30)12(21)7-8-14(22)27/h10-13,15-16,26H,4-9,21H2,1-3H3,(H2,22,27)(H,23,29)(H,24,28)(H,31,32). The molecule has 0 aromatic heterocycles. The van der Waals surface area contributed by atoms with Crippen LogP contribution < -0.4 is 22.1 Å². The van der Waals surface area contributed by atoms with Gasteiger partial charge in [0.15, 0.2) is 0 Å². The normalized spacial score (nSPS) is 20.5. The molecule has 1 aliphatic heterocycles. The van der Waals surface area contributed by atoms with Crippen molar-refractivity contribution in [1.29, 1.82) is 0 Å². The SMILES string of the molecule is CCC(C)C(NC(=O)C(NC(=O)C1CCCN1C(=O)C(N)CCC(N)=O)C(C)O)C(=O)O. The smallest absolute Gasteiger partial charge is 0.326 e. The Hall–Kier alpha value is -2.73. The summed E-state index contributed by atoms with van der Waals surface area (Å²) in [7, 11) is 0. The number of carboxylic acid groups (broad SMARTS) is 1. The van der Waals surface area contributed by atoms with Gasteiger partial charge in [-0.25, -0.2) is 4.79 Å². The number of aliphatic hydroxyl groups is 1. The van der Waals surface area contributed by atoms with Crippen molar-refractivity contribution in [3.63, 3.8) is 0 Å². The molecule has 0 spiro atoms. The number of nitrogens with one attached hydrogen (secondary N) is 2. The van der Waals surface area contributed by atoms with E-state index in [9.17, 15) is 34.2 Å². The molecule has 32 heavy (non-hydrogen) atoms. The van der Waals surface area contributed by atoms with Gasteiger partial charge in [0.05, 0.1) is 12.1 Å². The van der Waals surface area contributed by atoms with Gasteiger partial charge in [0.2, 0.25) is 23.6 Å². The summed E-state index contributed by atoms with van der Waals surface area (Å²) in [5.74, 6) is -4.19. The summed E-state index contributed by atoms with van der Waals surface area (Å²) in [5, 5.41) is 24.2. The number of carboxylic acids is 1. The summed E-state index contributed by atoms with van der Waals surface area (Å²) in [6.07, 6.45) is 0.0326. The highest BCUT2D eigenvalue weighted by Gasteiger charge is 2.39. The largest absolute Gasteiger partial charge is 0.480 e. The molecular weight excluding hydrogens is 422 g/mol. The Balaban J connectivity index is 2.88. The minimum atomic E-state index is -1.41. The fraction of sp³-hybridized carbons (Fsp3) is 0.750. The lowest BCUT2D eigenvalue weighted by Gasteiger charge is -2.30. The van der Waals surface area contributed by atoms with Crippen LogP contribution in [0.15, 0.2) is 0 Å². The molecule has 1 fully saturated rings. The van der Waals surface area contributed by atoms with Crippen molar-refractivity contribution in [3.05, 3.63) is 0 Å². The van der Waals surface area contributed by atoms with E-state index in [1.54, 1.807) is 13.8 Å². The van der Waals surface area contributed by atoms with Crippen LogP contribution in [0.5, 0.6) is 0 Å². The van der Waals surface area contributed by atoms with E-state index in [-0.39, 0.29) is 25.3 Å². The lowest BCUT2D eigenvalue weighted by molar-refractivity contribution is -0.145. The zero-order valence-corrected chi connectivity index (χ0v) is 18.7. The quantitative estimate of drug-likeness (QED) is 0.194. The number of aliphatic hydroxyl groups excluding tert-OH is 1. The van der Waals surface area contributed by atoms with Gasteiger partial charge in [0.1, 0.15) is 18.1 Å². The van der Waals surface area contributed by atoms with E-state index in [2.05, 4.69) is 10.6 Å². The summed E-state index contributed by atoms with van der Waals surface area (Å²) in [6.45, 7) is 5.02. The zero-order chi connectivity index (χ0) is 24.6. The molecule has 1 saturated heterocycles. The van der Waals surface area contributed by atoms with E-state index in [1.165, 1.54) is 11.8 Å². The summed E-state index contributed by atoms with van der Waals surface area (Å²) in [4.78, 5) is 61.8. The first-order valence-corrected chi connectivity index (χ1v) is 10.8. The van der Waals surface area contributed by atoms with E-state index in [4.69, 9.17) is 11.5 Å². The van der Waals surface area contributed by atoms with Crippen molar-refractivity contribution >= 4 is 29.6 Å². The first-order chi connectivity index (χ1) is 14.9. The van der Waals surface area contributed by atoms with Gasteiger partial charge in [-0.2, -0.15) is 0 Å². The van der Waals surface area contributed by atoms with Crippen molar-refractivity contribution in [3.8, 4) is 0 Å². The molecular formula is C20H35N5O7. The molecule has 12 heteroatoms. The van der Waals surface area contributed by atoms with Crippen LogP contribution in [-0.4, -0.2) is 81.5 Å². The first kappa shape index (κ1) is 27.3. The number of aliphatic carboxylic acids is 1. The Morgan fingerprint density at radius 1 is 1.12 bits per heavy atom. The van der Waals surface area contributed by atoms with Crippen LogP contribution >= 0.6 is 0 Å². The van der Waals surface area contributed by atoms with Gasteiger partial charge in [-0.15, -0.1) is 0 Å². The molecule has 8 N–H and O–H groups in total. The van der Waals surface area contributed by atoms with Crippen LogP contribution in [0.3, 0.4) is 0 Å². The maximum Gasteiger partial charge on any atom is 0.326 e. The van der Waals surface area contributed by atoms with E-state index in [0.717, 1.165) is 0 Å². The van der Waals surface area contributed by atoms with Crippen molar-refractivity contribution < 1.29 is 34.2 Å². The highest BCUT2D eigenvalue weighted by molar-refractivity contribution is 5.94. The van der Waals surface area contributed by atoms with E-state index >= 15 is 0 Å². The van der Waals surface area contributed by atoms with Crippen molar-refractivity contribution in [2.45, 2.75) is 83.1 Å². The highest BCUT2D eigenvalue weighted by Crippen LogP contribution is 2.19. The molecule has 0 aromatic rings. The van der Waals surface area contributed by atoms with Crippen LogP contribution in [0, 0.1) is 5.92 Å². The van der Waals surface area contributed by atoms with Crippen molar-refractivity contribution in [2.24, 2.45) is 17.4 Å². The highest BCUT2D eigenvalue weighted by atomic mass is 16.4. The van der Waals surface area contributed by atoms with Gasteiger partial charge >= 0.3 is 5.97 Å². The lowest BCUT2D eigenvalue weighted by atomic mass is 9.98. The van der Waals surface area contributed by atoms with Gasteiger partial charge in [0, 0.05) is 13.0 Å². The van der Waals surface area contributed by atoms with Crippen molar-refractivity contribution in [1.82, 2.24) is 15.5 Å². The molecule has 182 valence electrons. The second-order valence-electron chi connectivity index (χ2n) is 8.24. The van der Waals surface area contributed by atoms with Crippen molar-refractivity contribution in [2.75, 3.05) is 6.54 Å². The number of nitrogens with two attached hydrogens (primary N) is 2. The maximum absolute atomic E-state index is 12.9. The van der Waals surface area contributed by atoms with Gasteiger partial charge in [0.25, 0.3) is 0 Å². The molecule has 0 aliphatic carbocycles. The molecule has 0 bridgehead atoms. The van der Waals surface area contributed by atoms with Gasteiger partial charge < -0.3 is 37.2 Å². The predicted octanol–water partition coefficient (Wildman–Crippen LogP) is -1.95. The average molecular weight is 458 g/mol. The van der Waals surface area contributed by atoms with Crippen LogP contribution in [0.2, 0.25) is 0 Å². The summed E-state index contributed by atoms with van der Waals surface area (Å²) >= 11 is 0. The fourth-order valence-corrected chi connectivity index (χ4v) is 3.52.